The Morgan fingerprint density at radius 3 is 2.81 bits per heavy atom. The minimum atomic E-state index is -0.735. The Balaban J connectivity index is 1.58. The molecule has 1 aromatic carbocycles. The zero-order valence-corrected chi connectivity index (χ0v) is 17.7. The van der Waals surface area contributed by atoms with E-state index in [0.29, 0.717) is 21.8 Å². The molecule has 2 N–H and O–H groups in total. The van der Waals surface area contributed by atoms with E-state index < -0.39 is 11.3 Å². The van der Waals surface area contributed by atoms with E-state index in [1.165, 1.54) is 11.3 Å². The summed E-state index contributed by atoms with van der Waals surface area (Å²) in [4.78, 5) is 37.4. The second kappa shape index (κ2) is 6.73. The molecule has 2 saturated heterocycles. The van der Waals surface area contributed by atoms with Gasteiger partial charge in [-0.15, -0.1) is 11.3 Å². The highest BCUT2D eigenvalue weighted by atomic mass is 32.1. The Kier molecular flexibility index (Phi) is 4.06. The zero-order chi connectivity index (χ0) is 21.2. The molecular weight excluding hydrogens is 414 g/mol. The summed E-state index contributed by atoms with van der Waals surface area (Å²) in [5.41, 5.74) is 6.84. The fourth-order valence-corrected chi connectivity index (χ4v) is 6.17. The number of nitrogens with two attached hydrogens (primary N) is 1. The molecule has 6 rings (SSSR count). The molecule has 0 unspecified atom stereocenters. The molecule has 4 aromatic rings. The number of fused-ring (bicyclic) bond motifs is 5. The average molecular weight is 436 g/mol. The molecule has 0 saturated carbocycles. The fourth-order valence-electron chi connectivity index (χ4n) is 4.97. The smallest absolute Gasteiger partial charge is 0.255 e. The van der Waals surface area contributed by atoms with Gasteiger partial charge in [0, 0.05) is 32.5 Å². The summed E-state index contributed by atoms with van der Waals surface area (Å²) in [5.74, 6) is -0.118. The summed E-state index contributed by atoms with van der Waals surface area (Å²) >= 11 is 1.38. The van der Waals surface area contributed by atoms with Crippen LogP contribution in [0.3, 0.4) is 0 Å². The quantitative estimate of drug-likeness (QED) is 0.519. The van der Waals surface area contributed by atoms with Crippen LogP contribution in [0.5, 0.6) is 0 Å². The van der Waals surface area contributed by atoms with Crippen molar-refractivity contribution in [3.63, 3.8) is 0 Å². The lowest BCUT2D eigenvalue weighted by Gasteiger charge is -2.33. The van der Waals surface area contributed by atoms with Crippen LogP contribution in [-0.4, -0.2) is 46.6 Å². The Bertz CT molecular complexity index is 1420. The van der Waals surface area contributed by atoms with Gasteiger partial charge in [-0.05, 0) is 36.8 Å². The number of para-hydroxylation sites is 1. The number of ether oxygens (including phenoxy) is 1. The van der Waals surface area contributed by atoms with Gasteiger partial charge in [0.1, 0.15) is 10.4 Å². The number of anilines is 1. The lowest BCUT2D eigenvalue weighted by molar-refractivity contribution is 0.0254. The molecule has 1 spiro atoms. The molecule has 31 heavy (non-hydrogen) atoms. The highest BCUT2D eigenvalue weighted by Gasteiger charge is 2.40. The third kappa shape index (κ3) is 2.76. The lowest BCUT2D eigenvalue weighted by atomic mass is 9.80. The summed E-state index contributed by atoms with van der Waals surface area (Å²) in [6.07, 6.45) is 4.74. The summed E-state index contributed by atoms with van der Waals surface area (Å²) in [7, 11) is 0. The maximum absolute atomic E-state index is 13.1. The second-order valence-corrected chi connectivity index (χ2v) is 9.50. The summed E-state index contributed by atoms with van der Waals surface area (Å²) in [6.45, 7) is 3.38. The van der Waals surface area contributed by atoms with Crippen LogP contribution in [0.25, 0.3) is 26.1 Å². The van der Waals surface area contributed by atoms with E-state index in [4.69, 9.17) is 15.5 Å². The van der Waals surface area contributed by atoms with Gasteiger partial charge in [-0.1, -0.05) is 12.1 Å². The minimum absolute atomic E-state index is 0.00705. The molecule has 2 fully saturated rings. The van der Waals surface area contributed by atoms with Gasteiger partial charge < -0.3 is 15.4 Å². The molecular formula is C22H21N5O3S. The minimum Gasteiger partial charge on any atom is -0.381 e. The van der Waals surface area contributed by atoms with Gasteiger partial charge in [0.25, 0.3) is 5.91 Å². The molecule has 158 valence electrons. The van der Waals surface area contributed by atoms with Crippen LogP contribution in [0, 0.1) is 5.41 Å². The zero-order valence-electron chi connectivity index (χ0n) is 16.8. The number of rotatable bonds is 2. The first-order valence-electron chi connectivity index (χ1n) is 10.4. The van der Waals surface area contributed by atoms with Gasteiger partial charge in [-0.2, -0.15) is 4.98 Å². The van der Waals surface area contributed by atoms with E-state index in [-0.39, 0.29) is 11.0 Å². The molecule has 5 heterocycles. The third-order valence-electron chi connectivity index (χ3n) is 6.69. The van der Waals surface area contributed by atoms with E-state index in [0.717, 1.165) is 55.8 Å². The van der Waals surface area contributed by atoms with Crippen LogP contribution in [0.2, 0.25) is 0 Å². The second-order valence-electron chi connectivity index (χ2n) is 8.47. The molecule has 0 radical (unpaired) electrons. The monoisotopic (exact) mass is 435 g/mol. The summed E-state index contributed by atoms with van der Waals surface area (Å²) in [6, 6.07) is 7.79. The largest absolute Gasteiger partial charge is 0.381 e. The van der Waals surface area contributed by atoms with Gasteiger partial charge >= 0.3 is 0 Å². The van der Waals surface area contributed by atoms with Crippen molar-refractivity contribution in [3.05, 3.63) is 46.2 Å². The number of hydrogen-bond acceptors (Lipinski definition) is 7. The summed E-state index contributed by atoms with van der Waals surface area (Å²) in [5, 5.41) is 0.304. The molecule has 3 aromatic heterocycles. The highest BCUT2D eigenvalue weighted by molar-refractivity contribution is 7.24. The first-order valence-corrected chi connectivity index (χ1v) is 11.2. The molecule has 8 nitrogen and oxygen atoms in total. The lowest BCUT2D eigenvalue weighted by Crippen LogP contribution is -2.33. The maximum atomic E-state index is 13.1. The van der Waals surface area contributed by atoms with Crippen LogP contribution < -0.4 is 16.1 Å². The van der Waals surface area contributed by atoms with Gasteiger partial charge in [0.2, 0.25) is 11.4 Å². The number of hydrogen-bond donors (Lipinski definition) is 1. The number of nitrogens with zero attached hydrogens (tertiary/aromatic N) is 4. The van der Waals surface area contributed by atoms with Crippen LogP contribution in [0.1, 0.15) is 29.6 Å². The van der Waals surface area contributed by atoms with Gasteiger partial charge in [-0.3, -0.25) is 14.0 Å². The van der Waals surface area contributed by atoms with E-state index in [1.54, 1.807) is 6.20 Å². The van der Waals surface area contributed by atoms with E-state index in [2.05, 4.69) is 9.88 Å². The first-order chi connectivity index (χ1) is 15.1. The van der Waals surface area contributed by atoms with Crippen molar-refractivity contribution < 1.29 is 9.53 Å². The fraction of sp³-hybridized carbons (Fsp3) is 0.364. The Morgan fingerprint density at radius 1 is 1.19 bits per heavy atom. The number of carbonyl (C=O) groups is 1. The Labute approximate surface area is 181 Å². The number of pyridine rings is 1. The topological polar surface area (TPSA) is 103 Å². The molecule has 0 aliphatic carbocycles. The van der Waals surface area contributed by atoms with Gasteiger partial charge in [-0.25, -0.2) is 4.98 Å². The van der Waals surface area contributed by atoms with Crippen LogP contribution in [0.4, 0.5) is 5.95 Å². The van der Waals surface area contributed by atoms with E-state index in [1.807, 2.05) is 28.7 Å². The highest BCUT2D eigenvalue weighted by Crippen LogP contribution is 2.41. The Hall–Kier alpha value is -3.04. The number of carbonyl (C=O) groups excluding carboxylic acids is 1. The van der Waals surface area contributed by atoms with Crippen molar-refractivity contribution in [2.24, 2.45) is 11.1 Å². The predicted octanol–water partition coefficient (Wildman–Crippen LogP) is 2.56. The predicted molar refractivity (Wildman–Crippen MR) is 120 cm³/mol. The van der Waals surface area contributed by atoms with Crippen molar-refractivity contribution in [3.8, 4) is 0 Å². The number of amides is 1. The van der Waals surface area contributed by atoms with Gasteiger partial charge in [0.15, 0.2) is 5.65 Å². The van der Waals surface area contributed by atoms with Crippen molar-refractivity contribution in [2.45, 2.75) is 19.3 Å². The SMILES string of the molecule is NC(=O)c1c(=O)c2cnc(N3CCC4(CCOCC4)C3)nc2n2c1sc1ccccc12. The van der Waals surface area contributed by atoms with Crippen molar-refractivity contribution in [1.29, 1.82) is 0 Å². The summed E-state index contributed by atoms with van der Waals surface area (Å²) < 4.78 is 8.39. The van der Waals surface area contributed by atoms with Crippen LogP contribution in [0.15, 0.2) is 35.3 Å². The Morgan fingerprint density at radius 2 is 2.00 bits per heavy atom. The maximum Gasteiger partial charge on any atom is 0.255 e. The van der Waals surface area contributed by atoms with E-state index >= 15 is 0 Å². The van der Waals surface area contributed by atoms with Crippen molar-refractivity contribution in [2.75, 3.05) is 31.2 Å². The standard InChI is InChI=1S/C22H21N5O3S/c23-18(29)16-17(28)13-11-24-21(26-8-5-22(12-26)6-9-30-10-7-22)25-19(13)27-14-3-1-2-4-15(14)31-20(16)27/h1-4,11H,5-10,12H2,(H2,23,29). The number of benzene rings is 1. The van der Waals surface area contributed by atoms with Crippen LogP contribution in [-0.2, 0) is 4.74 Å². The van der Waals surface area contributed by atoms with Gasteiger partial charge in [0.05, 0.1) is 15.6 Å². The third-order valence-corrected chi connectivity index (χ3v) is 7.84. The first kappa shape index (κ1) is 18.7. The molecule has 2 aliphatic heterocycles. The normalized spacial score (nSPS) is 18.5. The van der Waals surface area contributed by atoms with Crippen LogP contribution >= 0.6 is 11.3 Å². The molecule has 0 atom stereocenters. The molecule has 0 bridgehead atoms. The average Bonchev–Trinajstić information content (AvgIpc) is 3.35. The van der Waals surface area contributed by atoms with E-state index in [9.17, 15) is 9.59 Å². The number of aromatic nitrogens is 3. The molecule has 2 aliphatic rings. The molecule has 1 amide bonds. The molecule has 9 heteroatoms. The van der Waals surface area contributed by atoms with Crippen molar-refractivity contribution >= 4 is 49.3 Å². The van der Waals surface area contributed by atoms with Crippen molar-refractivity contribution in [1.82, 2.24) is 14.4 Å². The number of primary amides is 1. The number of thiazole rings is 1.